The molecule has 0 unspecified atom stereocenters. The van der Waals surface area contributed by atoms with Crippen LogP contribution in [0.25, 0.3) is 11.6 Å². The first-order chi connectivity index (χ1) is 11.0. The molecule has 0 saturated carbocycles. The highest BCUT2D eigenvalue weighted by Crippen LogP contribution is 2.31. The smallest absolute Gasteiger partial charge is 0.387 e. The summed E-state index contributed by atoms with van der Waals surface area (Å²) in [6.45, 7) is 0.971. The van der Waals surface area contributed by atoms with Crippen LogP contribution in [0, 0.1) is 18.3 Å². The average Bonchev–Trinajstić information content (AvgIpc) is 2.93. The lowest BCUT2D eigenvalue weighted by molar-refractivity contribution is -0.0514. The lowest BCUT2D eigenvalue weighted by atomic mass is 10.1. The molecule has 1 aromatic carbocycles. The van der Waals surface area contributed by atoms with Gasteiger partial charge in [0, 0.05) is 11.1 Å². The number of hydrogen-bond acceptors (Lipinski definition) is 5. The number of thiazole rings is 1. The van der Waals surface area contributed by atoms with Crippen molar-refractivity contribution >= 4 is 23.0 Å². The Morgan fingerprint density at radius 3 is 2.78 bits per heavy atom. The molecular weight excluding hydrogens is 322 g/mol. The molecule has 23 heavy (non-hydrogen) atoms. The van der Waals surface area contributed by atoms with Gasteiger partial charge < -0.3 is 9.47 Å². The van der Waals surface area contributed by atoms with E-state index < -0.39 is 6.61 Å². The number of allylic oxidation sites excluding steroid dienone is 1. The van der Waals surface area contributed by atoms with Crippen LogP contribution < -0.4 is 9.47 Å². The predicted molar refractivity (Wildman–Crippen MR) is 84.6 cm³/mol. The van der Waals surface area contributed by atoms with Gasteiger partial charge in [-0.2, -0.15) is 14.0 Å². The zero-order chi connectivity index (χ0) is 16.8. The fourth-order valence-electron chi connectivity index (χ4n) is 1.86. The van der Waals surface area contributed by atoms with Crippen LogP contribution in [-0.2, 0) is 0 Å². The number of alkyl halides is 2. The minimum atomic E-state index is -2.93. The quantitative estimate of drug-likeness (QED) is 0.728. The molecule has 4 nitrogen and oxygen atoms in total. The van der Waals surface area contributed by atoms with Gasteiger partial charge in [-0.1, -0.05) is 6.07 Å². The molecule has 0 fully saturated rings. The molecule has 0 aliphatic carbocycles. The van der Waals surface area contributed by atoms with Crippen molar-refractivity contribution in [2.24, 2.45) is 0 Å². The molecule has 0 radical (unpaired) electrons. The molecular formula is C16H14F2N2O2S. The summed E-state index contributed by atoms with van der Waals surface area (Å²) in [5, 5.41) is 11.7. The molecule has 0 saturated heterocycles. The first-order valence-electron chi connectivity index (χ1n) is 6.79. The van der Waals surface area contributed by atoms with Crippen LogP contribution in [0.2, 0.25) is 0 Å². The Bertz CT molecular complexity index is 751. The van der Waals surface area contributed by atoms with Crippen LogP contribution in [-0.4, -0.2) is 18.2 Å². The molecule has 0 bridgehead atoms. The molecule has 0 aliphatic rings. The number of benzene rings is 1. The second-order valence-corrected chi connectivity index (χ2v) is 5.34. The van der Waals surface area contributed by atoms with Crippen molar-refractivity contribution in [2.45, 2.75) is 20.5 Å². The third-order valence-corrected chi connectivity index (χ3v) is 3.76. The van der Waals surface area contributed by atoms with Gasteiger partial charge in [-0.25, -0.2) is 4.98 Å². The van der Waals surface area contributed by atoms with Gasteiger partial charge in [0.25, 0.3) is 0 Å². The molecule has 0 aliphatic heterocycles. The molecule has 1 aromatic heterocycles. The SMILES string of the molecule is CCOc1cc(C=C(C#N)c2nc(C)cs2)ccc1OC(F)F. The van der Waals surface area contributed by atoms with E-state index in [9.17, 15) is 14.0 Å². The Labute approximate surface area is 136 Å². The highest BCUT2D eigenvalue weighted by Gasteiger charge is 2.12. The van der Waals surface area contributed by atoms with Crippen molar-refractivity contribution < 1.29 is 18.3 Å². The molecule has 2 rings (SSSR count). The summed E-state index contributed by atoms with van der Waals surface area (Å²) < 4.78 is 34.5. The second-order valence-electron chi connectivity index (χ2n) is 4.48. The molecule has 1 heterocycles. The Hall–Kier alpha value is -2.46. The van der Waals surface area contributed by atoms with Crippen molar-refractivity contribution in [1.82, 2.24) is 4.98 Å². The monoisotopic (exact) mass is 336 g/mol. The van der Waals surface area contributed by atoms with Crippen molar-refractivity contribution in [3.8, 4) is 17.6 Å². The summed E-state index contributed by atoms with van der Waals surface area (Å²) in [4.78, 5) is 4.27. The third-order valence-electron chi connectivity index (χ3n) is 2.76. The lowest BCUT2D eigenvalue weighted by Crippen LogP contribution is -2.04. The lowest BCUT2D eigenvalue weighted by Gasteiger charge is -2.11. The van der Waals surface area contributed by atoms with E-state index in [0.717, 1.165) is 5.69 Å². The zero-order valence-corrected chi connectivity index (χ0v) is 13.4. The van der Waals surface area contributed by atoms with E-state index in [4.69, 9.17) is 4.74 Å². The maximum absolute atomic E-state index is 12.4. The summed E-state index contributed by atoms with van der Waals surface area (Å²) in [5.74, 6) is 0.164. The van der Waals surface area contributed by atoms with Crippen LogP contribution in [0.4, 0.5) is 8.78 Å². The van der Waals surface area contributed by atoms with E-state index in [1.165, 1.54) is 17.4 Å². The summed E-state index contributed by atoms with van der Waals surface area (Å²) in [5.41, 5.74) is 1.87. The molecule has 0 spiro atoms. The van der Waals surface area contributed by atoms with Gasteiger partial charge in [0.2, 0.25) is 0 Å². The molecule has 120 valence electrons. The van der Waals surface area contributed by atoms with Crippen molar-refractivity contribution in [3.63, 3.8) is 0 Å². The van der Waals surface area contributed by atoms with Crippen LogP contribution in [0.15, 0.2) is 23.6 Å². The van der Waals surface area contributed by atoms with E-state index in [0.29, 0.717) is 22.8 Å². The van der Waals surface area contributed by atoms with Gasteiger partial charge in [-0.15, -0.1) is 11.3 Å². The third kappa shape index (κ3) is 4.50. The van der Waals surface area contributed by atoms with E-state index in [-0.39, 0.29) is 11.5 Å². The van der Waals surface area contributed by atoms with Gasteiger partial charge in [0.15, 0.2) is 11.5 Å². The molecule has 0 N–H and O–H groups in total. The minimum absolute atomic E-state index is 0.0393. The number of nitriles is 1. The normalized spacial score (nSPS) is 11.4. The topological polar surface area (TPSA) is 55.1 Å². The molecule has 0 atom stereocenters. The van der Waals surface area contributed by atoms with Crippen molar-refractivity contribution in [3.05, 3.63) is 39.8 Å². The number of hydrogen-bond donors (Lipinski definition) is 0. The summed E-state index contributed by atoms with van der Waals surface area (Å²) in [6, 6.07) is 6.63. The highest BCUT2D eigenvalue weighted by atomic mass is 32.1. The van der Waals surface area contributed by atoms with Crippen molar-refractivity contribution in [2.75, 3.05) is 6.61 Å². The van der Waals surface area contributed by atoms with E-state index in [1.807, 2.05) is 12.3 Å². The highest BCUT2D eigenvalue weighted by molar-refractivity contribution is 7.11. The number of ether oxygens (including phenoxy) is 2. The standard InChI is InChI=1S/C16H14F2N2O2S/c1-3-21-14-7-11(4-5-13(14)22-16(17)18)6-12(8-19)15-20-10(2)9-23-15/h4-7,9,16H,3H2,1-2H3. The fraction of sp³-hybridized carbons (Fsp3) is 0.250. The van der Waals surface area contributed by atoms with Crippen LogP contribution in [0.5, 0.6) is 11.5 Å². The van der Waals surface area contributed by atoms with Crippen LogP contribution in [0.1, 0.15) is 23.2 Å². The van der Waals surface area contributed by atoms with E-state index >= 15 is 0 Å². The molecule has 0 amide bonds. The van der Waals surface area contributed by atoms with Gasteiger partial charge in [0.1, 0.15) is 11.1 Å². The summed E-state index contributed by atoms with van der Waals surface area (Å²) in [6.07, 6.45) is 1.63. The Morgan fingerprint density at radius 1 is 1.43 bits per heavy atom. The second kappa shape index (κ2) is 7.70. The zero-order valence-electron chi connectivity index (χ0n) is 12.5. The Morgan fingerprint density at radius 2 is 2.22 bits per heavy atom. The first-order valence-corrected chi connectivity index (χ1v) is 7.67. The van der Waals surface area contributed by atoms with Crippen LogP contribution in [0.3, 0.4) is 0 Å². The minimum Gasteiger partial charge on any atom is -0.490 e. The van der Waals surface area contributed by atoms with Gasteiger partial charge in [0.05, 0.1) is 12.2 Å². The Balaban J connectivity index is 2.37. The molecule has 2 aromatic rings. The summed E-state index contributed by atoms with van der Waals surface area (Å²) in [7, 11) is 0. The number of rotatable bonds is 6. The van der Waals surface area contributed by atoms with E-state index in [1.54, 1.807) is 25.1 Å². The maximum Gasteiger partial charge on any atom is 0.387 e. The fourth-order valence-corrected chi connectivity index (χ4v) is 2.63. The largest absolute Gasteiger partial charge is 0.490 e. The predicted octanol–water partition coefficient (Wildman–Crippen LogP) is 4.52. The maximum atomic E-state index is 12.4. The van der Waals surface area contributed by atoms with Crippen molar-refractivity contribution in [1.29, 1.82) is 5.26 Å². The van der Waals surface area contributed by atoms with Gasteiger partial charge in [-0.3, -0.25) is 0 Å². The number of aryl methyl sites for hydroxylation is 1. The summed E-state index contributed by atoms with van der Waals surface area (Å²) >= 11 is 1.37. The van der Waals surface area contributed by atoms with Crippen LogP contribution >= 0.6 is 11.3 Å². The van der Waals surface area contributed by atoms with E-state index in [2.05, 4.69) is 15.8 Å². The Kier molecular flexibility index (Phi) is 5.66. The number of halogens is 2. The first kappa shape index (κ1) is 16.9. The number of nitrogens with zero attached hydrogens (tertiary/aromatic N) is 2. The van der Waals surface area contributed by atoms with Gasteiger partial charge in [-0.05, 0) is 37.6 Å². The molecule has 7 heteroatoms. The average molecular weight is 336 g/mol. The number of aromatic nitrogens is 1. The van der Waals surface area contributed by atoms with Gasteiger partial charge >= 0.3 is 6.61 Å².